The number of primary amides is 1. The van der Waals surface area contributed by atoms with Gasteiger partial charge in [0.1, 0.15) is 0 Å². The van der Waals surface area contributed by atoms with Gasteiger partial charge in [-0.25, -0.2) is 0 Å². The SMILES string of the molecule is NC(=O)c1ccccc1CNCC1CCCOC1. The first-order chi connectivity index (χ1) is 8.77. The van der Waals surface area contributed by atoms with Crippen LogP contribution >= 0.6 is 0 Å². The monoisotopic (exact) mass is 248 g/mol. The standard InChI is InChI=1S/C14H20N2O2/c15-14(17)13-6-2-1-5-12(13)9-16-8-11-4-3-7-18-10-11/h1-2,5-6,11,16H,3-4,7-10H2,(H2,15,17). The molecule has 0 spiro atoms. The molecular weight excluding hydrogens is 228 g/mol. The van der Waals surface area contributed by atoms with Gasteiger partial charge in [0.05, 0.1) is 6.61 Å². The molecule has 98 valence electrons. The zero-order valence-corrected chi connectivity index (χ0v) is 10.5. The number of rotatable bonds is 5. The summed E-state index contributed by atoms with van der Waals surface area (Å²) in [6.45, 7) is 3.33. The first-order valence-corrected chi connectivity index (χ1v) is 6.43. The van der Waals surface area contributed by atoms with Crippen molar-refractivity contribution in [2.45, 2.75) is 19.4 Å². The van der Waals surface area contributed by atoms with Crippen LogP contribution in [0.25, 0.3) is 0 Å². The van der Waals surface area contributed by atoms with E-state index in [4.69, 9.17) is 10.5 Å². The summed E-state index contributed by atoms with van der Waals surface area (Å²) in [5, 5.41) is 3.38. The molecule has 1 aromatic carbocycles. The van der Waals surface area contributed by atoms with Crippen molar-refractivity contribution in [1.29, 1.82) is 0 Å². The third-order valence-corrected chi connectivity index (χ3v) is 3.29. The number of carbonyl (C=O) groups excluding carboxylic acids is 1. The van der Waals surface area contributed by atoms with Crippen LogP contribution in [0, 0.1) is 5.92 Å². The van der Waals surface area contributed by atoms with Gasteiger partial charge in [0, 0.05) is 25.3 Å². The number of benzene rings is 1. The summed E-state index contributed by atoms with van der Waals surface area (Å²) >= 11 is 0. The molecule has 0 saturated carbocycles. The number of carbonyl (C=O) groups is 1. The summed E-state index contributed by atoms with van der Waals surface area (Å²) in [4.78, 5) is 11.3. The fraction of sp³-hybridized carbons (Fsp3) is 0.500. The van der Waals surface area contributed by atoms with E-state index >= 15 is 0 Å². The van der Waals surface area contributed by atoms with Gasteiger partial charge < -0.3 is 15.8 Å². The minimum atomic E-state index is -0.367. The molecule has 1 saturated heterocycles. The number of hydrogen-bond acceptors (Lipinski definition) is 3. The minimum Gasteiger partial charge on any atom is -0.381 e. The summed E-state index contributed by atoms with van der Waals surface area (Å²) in [5.41, 5.74) is 6.90. The van der Waals surface area contributed by atoms with Gasteiger partial charge in [-0.2, -0.15) is 0 Å². The lowest BCUT2D eigenvalue weighted by molar-refractivity contribution is 0.0547. The molecule has 1 aliphatic heterocycles. The molecule has 1 aromatic rings. The fourth-order valence-corrected chi connectivity index (χ4v) is 2.29. The third kappa shape index (κ3) is 3.55. The van der Waals surface area contributed by atoms with Crippen molar-refractivity contribution in [3.05, 3.63) is 35.4 Å². The quantitative estimate of drug-likeness (QED) is 0.825. The molecule has 0 bridgehead atoms. The van der Waals surface area contributed by atoms with Crippen molar-refractivity contribution in [3.8, 4) is 0 Å². The Hall–Kier alpha value is -1.39. The number of hydrogen-bond donors (Lipinski definition) is 2. The number of amides is 1. The van der Waals surface area contributed by atoms with Crippen LogP contribution in [0.1, 0.15) is 28.8 Å². The summed E-state index contributed by atoms with van der Waals surface area (Å²) in [7, 11) is 0. The van der Waals surface area contributed by atoms with E-state index in [1.54, 1.807) is 6.07 Å². The van der Waals surface area contributed by atoms with Gasteiger partial charge in [0.15, 0.2) is 0 Å². The Morgan fingerprint density at radius 3 is 3.00 bits per heavy atom. The zero-order valence-electron chi connectivity index (χ0n) is 10.5. The third-order valence-electron chi connectivity index (χ3n) is 3.29. The van der Waals surface area contributed by atoms with Gasteiger partial charge in [0.2, 0.25) is 5.91 Å². The summed E-state index contributed by atoms with van der Waals surface area (Å²) < 4.78 is 5.43. The average molecular weight is 248 g/mol. The molecule has 0 aromatic heterocycles. The molecule has 1 aliphatic rings. The van der Waals surface area contributed by atoms with Crippen LogP contribution in [0.3, 0.4) is 0 Å². The molecule has 18 heavy (non-hydrogen) atoms. The first kappa shape index (κ1) is 13.1. The highest BCUT2D eigenvalue weighted by atomic mass is 16.5. The molecule has 1 atom stereocenters. The van der Waals surface area contributed by atoms with Crippen LogP contribution in [0.2, 0.25) is 0 Å². The second-order valence-electron chi connectivity index (χ2n) is 4.74. The first-order valence-electron chi connectivity index (χ1n) is 6.43. The Kier molecular flexibility index (Phi) is 4.73. The van der Waals surface area contributed by atoms with Crippen molar-refractivity contribution in [2.24, 2.45) is 11.7 Å². The Morgan fingerprint density at radius 1 is 1.44 bits per heavy atom. The van der Waals surface area contributed by atoms with E-state index in [-0.39, 0.29) is 5.91 Å². The largest absolute Gasteiger partial charge is 0.381 e. The molecule has 4 nitrogen and oxygen atoms in total. The predicted molar refractivity (Wildman–Crippen MR) is 70.2 cm³/mol. The molecule has 0 aliphatic carbocycles. The predicted octanol–water partition coefficient (Wildman–Crippen LogP) is 1.30. The summed E-state index contributed by atoms with van der Waals surface area (Å²) in [5.74, 6) is 0.216. The lowest BCUT2D eigenvalue weighted by Gasteiger charge is -2.22. The van der Waals surface area contributed by atoms with Crippen LogP contribution in [-0.4, -0.2) is 25.7 Å². The average Bonchev–Trinajstić information content (AvgIpc) is 2.40. The molecule has 1 fully saturated rings. The topological polar surface area (TPSA) is 64.4 Å². The van der Waals surface area contributed by atoms with Gasteiger partial charge in [-0.05, 0) is 30.4 Å². The number of nitrogens with one attached hydrogen (secondary N) is 1. The van der Waals surface area contributed by atoms with E-state index in [1.807, 2.05) is 18.2 Å². The van der Waals surface area contributed by atoms with Crippen molar-refractivity contribution in [3.63, 3.8) is 0 Å². The smallest absolute Gasteiger partial charge is 0.249 e. The molecule has 3 N–H and O–H groups in total. The highest BCUT2D eigenvalue weighted by molar-refractivity contribution is 5.94. The highest BCUT2D eigenvalue weighted by Crippen LogP contribution is 2.13. The Bertz CT molecular complexity index is 401. The van der Waals surface area contributed by atoms with E-state index in [2.05, 4.69) is 5.32 Å². The van der Waals surface area contributed by atoms with Crippen LogP contribution in [0.15, 0.2) is 24.3 Å². The maximum atomic E-state index is 11.3. The van der Waals surface area contributed by atoms with Gasteiger partial charge in [-0.1, -0.05) is 18.2 Å². The van der Waals surface area contributed by atoms with Crippen LogP contribution in [0.5, 0.6) is 0 Å². The number of nitrogens with two attached hydrogens (primary N) is 1. The number of ether oxygens (including phenoxy) is 1. The highest BCUT2D eigenvalue weighted by Gasteiger charge is 2.13. The lowest BCUT2D eigenvalue weighted by Crippen LogP contribution is -2.29. The van der Waals surface area contributed by atoms with Gasteiger partial charge in [-0.15, -0.1) is 0 Å². The molecule has 2 rings (SSSR count). The Labute approximate surface area is 108 Å². The summed E-state index contributed by atoms with van der Waals surface area (Å²) in [6, 6.07) is 7.46. The Balaban J connectivity index is 1.84. The van der Waals surface area contributed by atoms with E-state index in [9.17, 15) is 4.79 Å². The summed E-state index contributed by atoms with van der Waals surface area (Å²) in [6.07, 6.45) is 2.36. The van der Waals surface area contributed by atoms with Crippen molar-refractivity contribution in [1.82, 2.24) is 5.32 Å². The van der Waals surface area contributed by atoms with Gasteiger partial charge in [0.25, 0.3) is 0 Å². The maximum Gasteiger partial charge on any atom is 0.249 e. The van der Waals surface area contributed by atoms with Crippen LogP contribution in [-0.2, 0) is 11.3 Å². The molecule has 1 heterocycles. The molecular formula is C14H20N2O2. The van der Waals surface area contributed by atoms with E-state index < -0.39 is 0 Å². The lowest BCUT2D eigenvalue weighted by atomic mass is 10.0. The minimum absolute atomic E-state index is 0.367. The van der Waals surface area contributed by atoms with E-state index in [0.717, 1.165) is 31.7 Å². The fourth-order valence-electron chi connectivity index (χ4n) is 2.29. The van der Waals surface area contributed by atoms with Crippen molar-refractivity contribution >= 4 is 5.91 Å². The van der Waals surface area contributed by atoms with E-state index in [1.165, 1.54) is 6.42 Å². The van der Waals surface area contributed by atoms with Gasteiger partial charge >= 0.3 is 0 Å². The van der Waals surface area contributed by atoms with Crippen molar-refractivity contribution < 1.29 is 9.53 Å². The van der Waals surface area contributed by atoms with Crippen molar-refractivity contribution in [2.75, 3.05) is 19.8 Å². The van der Waals surface area contributed by atoms with E-state index in [0.29, 0.717) is 18.0 Å². The molecule has 0 radical (unpaired) electrons. The molecule has 1 amide bonds. The van der Waals surface area contributed by atoms with Crippen LogP contribution in [0.4, 0.5) is 0 Å². The Morgan fingerprint density at radius 2 is 2.28 bits per heavy atom. The normalized spacial score (nSPS) is 19.7. The second kappa shape index (κ2) is 6.52. The van der Waals surface area contributed by atoms with Gasteiger partial charge in [-0.3, -0.25) is 4.79 Å². The molecule has 4 heteroatoms. The molecule has 1 unspecified atom stereocenters. The zero-order chi connectivity index (χ0) is 12.8. The maximum absolute atomic E-state index is 11.3. The van der Waals surface area contributed by atoms with Crippen LogP contribution < -0.4 is 11.1 Å². The second-order valence-corrected chi connectivity index (χ2v) is 4.74.